The van der Waals surface area contributed by atoms with E-state index in [0.717, 1.165) is 5.56 Å². The van der Waals surface area contributed by atoms with E-state index in [9.17, 15) is 16.8 Å². The first-order valence-corrected chi connectivity index (χ1v) is 8.84. The molecule has 0 saturated carbocycles. The van der Waals surface area contributed by atoms with Gasteiger partial charge in [0.05, 0.1) is 9.79 Å². The van der Waals surface area contributed by atoms with E-state index in [2.05, 4.69) is 4.83 Å². The van der Waals surface area contributed by atoms with Crippen molar-refractivity contribution in [3.63, 3.8) is 0 Å². The van der Waals surface area contributed by atoms with Crippen molar-refractivity contribution in [1.29, 1.82) is 0 Å². The summed E-state index contributed by atoms with van der Waals surface area (Å²) in [6.45, 7) is 1.81. The van der Waals surface area contributed by atoms with Gasteiger partial charge in [0.2, 0.25) is 0 Å². The lowest BCUT2D eigenvalue weighted by Crippen LogP contribution is -2.35. The van der Waals surface area contributed by atoms with Gasteiger partial charge in [0.1, 0.15) is 0 Å². The van der Waals surface area contributed by atoms with Crippen molar-refractivity contribution in [3.05, 3.63) is 60.2 Å². The number of hydrogen-bond donors (Lipinski definition) is 1. The molecule has 0 aliphatic carbocycles. The predicted octanol–water partition coefficient (Wildman–Crippen LogP) is 1.18. The maximum Gasteiger partial charge on any atom is 0.272 e. The van der Waals surface area contributed by atoms with E-state index < -0.39 is 20.0 Å². The Kier molecular flexibility index (Phi) is 4.43. The van der Waals surface area contributed by atoms with Crippen LogP contribution in [0.25, 0.3) is 0 Å². The van der Waals surface area contributed by atoms with Gasteiger partial charge in [-0.1, -0.05) is 35.9 Å². The third-order valence-electron chi connectivity index (χ3n) is 2.65. The molecule has 0 heterocycles. The topological polar surface area (TPSA) is 94.4 Å². The van der Waals surface area contributed by atoms with Crippen LogP contribution in [0.15, 0.2) is 64.4 Å². The summed E-state index contributed by atoms with van der Waals surface area (Å²) in [5, 5.41) is 0. The number of rotatable bonds is 5. The second-order valence-corrected chi connectivity index (χ2v) is 7.55. The zero-order chi connectivity index (χ0) is 15.5. The molecule has 0 bridgehead atoms. The third kappa shape index (κ3) is 3.88. The highest BCUT2D eigenvalue weighted by molar-refractivity contribution is 7.92. The molecule has 1 N–H and O–H groups in total. The van der Waals surface area contributed by atoms with E-state index in [1.54, 1.807) is 23.0 Å². The van der Waals surface area contributed by atoms with E-state index in [1.807, 2.05) is 6.92 Å². The second kappa shape index (κ2) is 5.94. The fourth-order valence-electron chi connectivity index (χ4n) is 1.51. The summed E-state index contributed by atoms with van der Waals surface area (Å²) in [7, 11) is -8.09. The normalized spacial score (nSPS) is 12.2. The summed E-state index contributed by atoms with van der Waals surface area (Å²) < 4.78 is 47.6. The molecule has 0 atom stereocenters. The Morgan fingerprint density at radius 2 is 1.38 bits per heavy atom. The molecule has 1 radical (unpaired) electrons. The Morgan fingerprint density at radius 1 is 0.810 bits per heavy atom. The van der Waals surface area contributed by atoms with E-state index in [-0.39, 0.29) is 9.79 Å². The van der Waals surface area contributed by atoms with E-state index in [0.29, 0.717) is 0 Å². The fourth-order valence-corrected chi connectivity index (χ4v) is 3.50. The maximum atomic E-state index is 11.9. The smallest absolute Gasteiger partial charge is 0.206 e. The first kappa shape index (κ1) is 15.6. The molecular formula is C13H13N2O4S2. The first-order valence-electron chi connectivity index (χ1n) is 5.92. The first-order chi connectivity index (χ1) is 9.81. The van der Waals surface area contributed by atoms with Crippen molar-refractivity contribution in [2.24, 2.45) is 0 Å². The number of benzene rings is 2. The Hall–Kier alpha value is -1.74. The molecule has 0 aliphatic rings. The zero-order valence-corrected chi connectivity index (χ0v) is 12.7. The molecule has 2 rings (SSSR count). The number of nitrogens with zero attached hydrogens (tertiary/aromatic N) is 1. The largest absolute Gasteiger partial charge is 0.272 e. The predicted molar refractivity (Wildman–Crippen MR) is 77.3 cm³/mol. The summed E-state index contributed by atoms with van der Waals surface area (Å²) in [5.74, 6) is 0. The van der Waals surface area contributed by atoms with Crippen molar-refractivity contribution in [1.82, 2.24) is 9.66 Å². The van der Waals surface area contributed by atoms with Gasteiger partial charge in [-0.3, -0.25) is 0 Å². The van der Waals surface area contributed by atoms with Gasteiger partial charge in [-0.15, -0.1) is 4.83 Å². The molecule has 0 aliphatic heterocycles. The standard InChI is InChI=1S/C13H13N2O4S2/c1-11-7-9-13(10-8-11)21(18,19)15-14-20(16,17)12-5-3-2-4-6-12/h2-10,14H,1H3. The van der Waals surface area contributed by atoms with E-state index in [4.69, 9.17) is 0 Å². The van der Waals surface area contributed by atoms with Crippen LogP contribution >= 0.6 is 0 Å². The van der Waals surface area contributed by atoms with Crippen LogP contribution in [-0.2, 0) is 20.0 Å². The summed E-state index contributed by atoms with van der Waals surface area (Å²) in [6, 6.07) is 13.3. The van der Waals surface area contributed by atoms with Crippen LogP contribution in [0.3, 0.4) is 0 Å². The molecule has 0 fully saturated rings. The summed E-state index contributed by atoms with van der Waals surface area (Å²) in [6.07, 6.45) is 0. The molecule has 111 valence electrons. The monoisotopic (exact) mass is 325 g/mol. The number of nitrogens with one attached hydrogen (secondary N) is 1. The molecule has 21 heavy (non-hydrogen) atoms. The van der Waals surface area contributed by atoms with Crippen LogP contribution in [0.2, 0.25) is 0 Å². The van der Waals surface area contributed by atoms with Gasteiger partial charge in [0.25, 0.3) is 20.0 Å². The van der Waals surface area contributed by atoms with Crippen LogP contribution in [0.1, 0.15) is 5.56 Å². The molecule has 8 heteroatoms. The van der Waals surface area contributed by atoms with Gasteiger partial charge in [0, 0.05) is 0 Å². The molecule has 0 unspecified atom stereocenters. The average Bonchev–Trinajstić information content (AvgIpc) is 2.47. The lowest BCUT2D eigenvalue weighted by Gasteiger charge is -2.07. The van der Waals surface area contributed by atoms with Crippen LogP contribution in [-0.4, -0.2) is 16.8 Å². The molecule has 0 amide bonds. The molecule has 2 aromatic rings. The van der Waals surface area contributed by atoms with Crippen LogP contribution in [0, 0.1) is 6.92 Å². The Labute approximate surface area is 123 Å². The van der Waals surface area contributed by atoms with Gasteiger partial charge in [-0.2, -0.15) is 0 Å². The SMILES string of the molecule is Cc1ccc(S(=O)(=O)[N]NS(=O)(=O)c2ccccc2)cc1. The lowest BCUT2D eigenvalue weighted by molar-refractivity contribution is 0.555. The van der Waals surface area contributed by atoms with Crippen LogP contribution in [0.4, 0.5) is 0 Å². The van der Waals surface area contributed by atoms with Gasteiger partial charge in [-0.05, 0) is 36.0 Å². The highest BCUT2D eigenvalue weighted by atomic mass is 32.2. The van der Waals surface area contributed by atoms with Crippen LogP contribution < -0.4 is 9.66 Å². The minimum atomic E-state index is -4.08. The van der Waals surface area contributed by atoms with Crippen molar-refractivity contribution in [2.75, 3.05) is 0 Å². The summed E-state index contributed by atoms with van der Waals surface area (Å²) in [5.41, 5.74) is 0.888. The second-order valence-electron chi connectivity index (χ2n) is 4.29. The zero-order valence-electron chi connectivity index (χ0n) is 11.1. The molecular weight excluding hydrogens is 312 g/mol. The molecule has 0 saturated heterocycles. The highest BCUT2D eigenvalue weighted by Gasteiger charge is 2.21. The van der Waals surface area contributed by atoms with E-state index in [1.165, 1.54) is 36.4 Å². The molecule has 6 nitrogen and oxygen atoms in total. The molecule has 0 spiro atoms. The Morgan fingerprint density at radius 3 is 1.95 bits per heavy atom. The Balaban J connectivity index is 2.17. The van der Waals surface area contributed by atoms with Crippen molar-refractivity contribution in [2.45, 2.75) is 16.7 Å². The van der Waals surface area contributed by atoms with E-state index >= 15 is 0 Å². The van der Waals surface area contributed by atoms with Gasteiger partial charge in [0.15, 0.2) is 0 Å². The van der Waals surface area contributed by atoms with Crippen LogP contribution in [0.5, 0.6) is 0 Å². The van der Waals surface area contributed by atoms with Gasteiger partial charge < -0.3 is 0 Å². The highest BCUT2D eigenvalue weighted by Crippen LogP contribution is 2.11. The lowest BCUT2D eigenvalue weighted by atomic mass is 10.2. The summed E-state index contributed by atoms with van der Waals surface area (Å²) in [4.78, 5) is 4.73. The average molecular weight is 325 g/mol. The molecule has 2 aromatic carbocycles. The number of hydrogen-bond acceptors (Lipinski definition) is 4. The number of aryl methyl sites for hydroxylation is 1. The quantitative estimate of drug-likeness (QED) is 0.835. The van der Waals surface area contributed by atoms with Gasteiger partial charge in [-0.25, -0.2) is 16.8 Å². The Bertz CT molecular complexity index is 814. The van der Waals surface area contributed by atoms with Gasteiger partial charge >= 0.3 is 0 Å². The maximum absolute atomic E-state index is 11.9. The van der Waals surface area contributed by atoms with Crippen molar-refractivity contribution in [3.8, 4) is 0 Å². The number of sulfonamides is 2. The third-order valence-corrected chi connectivity index (χ3v) is 5.19. The minimum Gasteiger partial charge on any atom is -0.206 e. The van der Waals surface area contributed by atoms with Crippen molar-refractivity contribution >= 4 is 20.0 Å². The van der Waals surface area contributed by atoms with Crippen molar-refractivity contribution < 1.29 is 16.8 Å². The molecule has 0 aromatic heterocycles. The minimum absolute atomic E-state index is 0.0622. The fraction of sp³-hybridized carbons (Fsp3) is 0.0769. The summed E-state index contributed by atoms with van der Waals surface area (Å²) >= 11 is 0.